The first-order chi connectivity index (χ1) is 13.6. The molecule has 1 amide bonds. The number of esters is 1. The zero-order valence-electron chi connectivity index (χ0n) is 15.4. The Balaban J connectivity index is 1.65. The highest BCUT2D eigenvalue weighted by atomic mass is 35.5. The lowest BCUT2D eigenvalue weighted by Crippen LogP contribution is -2.18. The molecule has 3 rings (SSSR count). The maximum atomic E-state index is 12.5. The van der Waals surface area contributed by atoms with Gasteiger partial charge >= 0.3 is 5.97 Å². The van der Waals surface area contributed by atoms with Gasteiger partial charge in [0.25, 0.3) is 5.91 Å². The smallest absolute Gasteiger partial charge is 0.318 e. The molecular formula is C23H20ClNO3. The van der Waals surface area contributed by atoms with Crippen molar-refractivity contribution in [2.45, 2.75) is 19.3 Å². The largest absolute Gasteiger partial charge is 0.426 e. The van der Waals surface area contributed by atoms with Gasteiger partial charge in [-0.1, -0.05) is 61.0 Å². The quantitative estimate of drug-likeness (QED) is 0.432. The van der Waals surface area contributed by atoms with E-state index in [1.807, 2.05) is 37.3 Å². The normalized spacial score (nSPS) is 11.5. The van der Waals surface area contributed by atoms with Crippen molar-refractivity contribution in [3.63, 3.8) is 0 Å². The van der Waals surface area contributed by atoms with E-state index in [1.54, 1.807) is 48.5 Å². The monoisotopic (exact) mass is 393 g/mol. The minimum Gasteiger partial charge on any atom is -0.426 e. The van der Waals surface area contributed by atoms with Crippen LogP contribution in [0.5, 0.6) is 5.75 Å². The summed E-state index contributed by atoms with van der Waals surface area (Å²) in [5, 5.41) is 3.16. The van der Waals surface area contributed by atoms with Crippen molar-refractivity contribution in [2.24, 2.45) is 0 Å². The van der Waals surface area contributed by atoms with Gasteiger partial charge in [-0.25, -0.2) is 0 Å². The second-order valence-electron chi connectivity index (χ2n) is 6.25. The molecule has 0 radical (unpaired) electrons. The van der Waals surface area contributed by atoms with Gasteiger partial charge in [0.2, 0.25) is 0 Å². The zero-order valence-corrected chi connectivity index (χ0v) is 16.1. The fourth-order valence-electron chi connectivity index (χ4n) is 2.86. The van der Waals surface area contributed by atoms with E-state index in [1.165, 1.54) is 0 Å². The van der Waals surface area contributed by atoms with Crippen LogP contribution in [0.15, 0.2) is 78.9 Å². The van der Waals surface area contributed by atoms with Crippen LogP contribution in [0.1, 0.15) is 35.2 Å². The third kappa shape index (κ3) is 4.78. The summed E-state index contributed by atoms with van der Waals surface area (Å²) < 4.78 is 5.51. The van der Waals surface area contributed by atoms with Crippen LogP contribution in [-0.2, 0) is 4.79 Å². The summed E-state index contributed by atoms with van der Waals surface area (Å²) in [6, 6.07) is 23.1. The number of carbonyl (C=O) groups excluding carboxylic acids is 2. The van der Waals surface area contributed by atoms with Crippen LogP contribution >= 0.6 is 11.6 Å². The lowest BCUT2D eigenvalue weighted by atomic mass is 9.97. The first kappa shape index (κ1) is 19.6. The molecule has 0 heterocycles. The molecule has 1 N–H and O–H groups in total. The molecule has 4 nitrogen and oxygen atoms in total. The fourth-order valence-corrected chi connectivity index (χ4v) is 3.08. The number of benzene rings is 3. The van der Waals surface area contributed by atoms with Gasteiger partial charge < -0.3 is 10.1 Å². The molecule has 142 valence electrons. The predicted octanol–water partition coefficient (Wildman–Crippen LogP) is 5.69. The van der Waals surface area contributed by atoms with Crippen LogP contribution in [0.4, 0.5) is 5.69 Å². The SMILES string of the molecule is CC[C@H](C(=O)Oc1ccc(NC(=O)c2ccccc2Cl)cc1)c1ccccc1. The molecule has 0 unspecified atom stereocenters. The van der Waals surface area contributed by atoms with Crippen LogP contribution in [0, 0.1) is 0 Å². The van der Waals surface area contributed by atoms with Crippen LogP contribution < -0.4 is 10.1 Å². The molecule has 3 aromatic carbocycles. The van der Waals surface area contributed by atoms with Gasteiger partial charge in [0.15, 0.2) is 0 Å². The van der Waals surface area contributed by atoms with Crippen molar-refractivity contribution in [2.75, 3.05) is 5.32 Å². The lowest BCUT2D eigenvalue weighted by molar-refractivity contribution is -0.136. The Morgan fingerprint density at radius 3 is 2.21 bits per heavy atom. The van der Waals surface area contributed by atoms with E-state index < -0.39 is 0 Å². The topological polar surface area (TPSA) is 55.4 Å². The predicted molar refractivity (Wildman–Crippen MR) is 111 cm³/mol. The van der Waals surface area contributed by atoms with Crippen molar-refractivity contribution in [3.05, 3.63) is 95.0 Å². The van der Waals surface area contributed by atoms with Gasteiger partial charge in [0.05, 0.1) is 16.5 Å². The van der Waals surface area contributed by atoms with E-state index in [0.29, 0.717) is 28.4 Å². The molecule has 0 spiro atoms. The van der Waals surface area contributed by atoms with Crippen LogP contribution in [0.3, 0.4) is 0 Å². The van der Waals surface area contributed by atoms with E-state index in [4.69, 9.17) is 16.3 Å². The number of hydrogen-bond acceptors (Lipinski definition) is 3. The van der Waals surface area contributed by atoms with Gasteiger partial charge in [-0.05, 0) is 48.4 Å². The molecule has 1 atom stereocenters. The first-order valence-electron chi connectivity index (χ1n) is 9.01. The molecular weight excluding hydrogens is 374 g/mol. The number of nitrogens with one attached hydrogen (secondary N) is 1. The Labute approximate surface area is 169 Å². The summed E-state index contributed by atoms with van der Waals surface area (Å²) in [7, 11) is 0. The highest BCUT2D eigenvalue weighted by molar-refractivity contribution is 6.34. The molecule has 3 aromatic rings. The van der Waals surface area contributed by atoms with Crippen molar-refractivity contribution >= 4 is 29.2 Å². The minimum absolute atomic E-state index is 0.300. The summed E-state index contributed by atoms with van der Waals surface area (Å²) in [5.74, 6) is -0.497. The first-order valence-corrected chi connectivity index (χ1v) is 9.39. The van der Waals surface area contributed by atoms with Crippen molar-refractivity contribution in [3.8, 4) is 5.75 Å². The molecule has 0 saturated carbocycles. The molecule has 0 fully saturated rings. The minimum atomic E-state index is -0.319. The van der Waals surface area contributed by atoms with Crippen LogP contribution in [0.25, 0.3) is 0 Å². The molecule has 0 aliphatic carbocycles. The number of rotatable bonds is 6. The summed E-state index contributed by atoms with van der Waals surface area (Å²) in [4.78, 5) is 24.8. The lowest BCUT2D eigenvalue weighted by Gasteiger charge is -2.14. The average Bonchev–Trinajstić information content (AvgIpc) is 2.71. The molecule has 0 bridgehead atoms. The molecule has 0 aromatic heterocycles. The van der Waals surface area contributed by atoms with Gasteiger partial charge in [-0.3, -0.25) is 9.59 Å². The van der Waals surface area contributed by atoms with Gasteiger partial charge in [0.1, 0.15) is 5.75 Å². The molecule has 0 aliphatic rings. The second-order valence-corrected chi connectivity index (χ2v) is 6.66. The third-order valence-corrected chi connectivity index (χ3v) is 4.67. The molecule has 0 saturated heterocycles. The third-order valence-electron chi connectivity index (χ3n) is 4.34. The zero-order chi connectivity index (χ0) is 19.9. The van der Waals surface area contributed by atoms with Gasteiger partial charge in [0, 0.05) is 5.69 Å². The summed E-state index contributed by atoms with van der Waals surface area (Å²) >= 11 is 6.04. The number of halogens is 1. The Morgan fingerprint density at radius 1 is 0.929 bits per heavy atom. The number of anilines is 1. The van der Waals surface area contributed by atoms with Gasteiger partial charge in [-0.15, -0.1) is 0 Å². The van der Waals surface area contributed by atoms with Crippen molar-refractivity contribution < 1.29 is 14.3 Å². The highest BCUT2D eigenvalue weighted by Crippen LogP contribution is 2.24. The van der Waals surface area contributed by atoms with E-state index in [9.17, 15) is 9.59 Å². The number of amides is 1. The molecule has 5 heteroatoms. The summed E-state index contributed by atoms with van der Waals surface area (Å²) in [6.07, 6.45) is 0.648. The van der Waals surface area contributed by atoms with E-state index in [2.05, 4.69) is 5.32 Å². The van der Waals surface area contributed by atoms with E-state index >= 15 is 0 Å². The van der Waals surface area contributed by atoms with E-state index in [-0.39, 0.29) is 17.8 Å². The Bertz CT molecular complexity index is 955. The van der Waals surface area contributed by atoms with Crippen molar-refractivity contribution in [1.82, 2.24) is 0 Å². The average molecular weight is 394 g/mol. The second kappa shape index (κ2) is 9.20. The molecule has 0 aliphatic heterocycles. The number of hydrogen-bond donors (Lipinski definition) is 1. The number of ether oxygens (including phenoxy) is 1. The van der Waals surface area contributed by atoms with Crippen LogP contribution in [-0.4, -0.2) is 11.9 Å². The Hall–Kier alpha value is -3.11. The molecule has 28 heavy (non-hydrogen) atoms. The van der Waals surface area contributed by atoms with Gasteiger partial charge in [-0.2, -0.15) is 0 Å². The Kier molecular flexibility index (Phi) is 6.45. The maximum Gasteiger partial charge on any atom is 0.318 e. The van der Waals surface area contributed by atoms with Crippen LogP contribution in [0.2, 0.25) is 5.02 Å². The van der Waals surface area contributed by atoms with E-state index in [0.717, 1.165) is 5.56 Å². The summed E-state index contributed by atoms with van der Waals surface area (Å²) in [5.41, 5.74) is 1.91. The highest BCUT2D eigenvalue weighted by Gasteiger charge is 2.20. The van der Waals surface area contributed by atoms with Crippen molar-refractivity contribution in [1.29, 1.82) is 0 Å². The maximum absolute atomic E-state index is 12.5. The standard InChI is InChI=1S/C23H20ClNO3/c1-2-19(16-8-4-3-5-9-16)23(27)28-18-14-12-17(13-15-18)25-22(26)20-10-6-7-11-21(20)24/h3-15,19H,2H2,1H3,(H,25,26)/t19-/m0/s1. The fraction of sp³-hybridized carbons (Fsp3) is 0.130. The summed E-state index contributed by atoms with van der Waals surface area (Å²) in [6.45, 7) is 1.95. The number of carbonyl (C=O) groups is 2. The Morgan fingerprint density at radius 2 is 1.57 bits per heavy atom.